The Morgan fingerprint density at radius 1 is 1.21 bits per heavy atom. The van der Waals surface area contributed by atoms with E-state index in [1.165, 1.54) is 12.4 Å². The third kappa shape index (κ3) is 3.03. The van der Waals surface area contributed by atoms with Gasteiger partial charge in [-0.05, 0) is 24.6 Å². The number of pyridine rings is 2. The molecule has 1 aliphatic rings. The normalized spacial score (nSPS) is 14.0. The number of carbonyl (C=O) groups is 2. The number of para-hydroxylation sites is 1. The Kier molecular flexibility index (Phi) is 4.60. The molecule has 1 saturated heterocycles. The molecule has 0 saturated carbocycles. The number of carbonyl (C=O) groups excluding carboxylic acids is 2. The number of aromatic nitrogens is 2. The third-order valence-electron chi connectivity index (χ3n) is 4.80. The van der Waals surface area contributed by atoms with E-state index in [-0.39, 0.29) is 17.5 Å². The summed E-state index contributed by atoms with van der Waals surface area (Å²) in [6.07, 6.45) is 4.66. The largest absolute Gasteiger partial charge is 0.326 e. The highest BCUT2D eigenvalue weighted by molar-refractivity contribution is 6.34. The zero-order valence-electron chi connectivity index (χ0n) is 15.4. The molecule has 0 atom stereocenters. The average Bonchev–Trinajstić information content (AvgIpc) is 3.01. The summed E-state index contributed by atoms with van der Waals surface area (Å²) in [4.78, 5) is 37.1. The van der Waals surface area contributed by atoms with Crippen LogP contribution in [0, 0.1) is 6.92 Å². The molecule has 7 nitrogen and oxygen atoms in total. The minimum Gasteiger partial charge on any atom is -0.326 e. The number of hydrogen-bond acceptors (Lipinski definition) is 4. The van der Waals surface area contributed by atoms with Gasteiger partial charge < -0.3 is 10.2 Å². The van der Waals surface area contributed by atoms with Crippen LogP contribution in [0.5, 0.6) is 0 Å². The molecule has 0 aliphatic carbocycles. The van der Waals surface area contributed by atoms with E-state index in [2.05, 4.69) is 15.3 Å². The molecule has 4 rings (SSSR count). The van der Waals surface area contributed by atoms with Crippen molar-refractivity contribution in [2.75, 3.05) is 30.4 Å². The van der Waals surface area contributed by atoms with Crippen molar-refractivity contribution in [3.63, 3.8) is 0 Å². The number of aryl methyl sites for hydroxylation is 1. The number of rotatable bonds is 3. The number of fused-ring (bicyclic) bond motifs is 1. The summed E-state index contributed by atoms with van der Waals surface area (Å²) in [5.41, 5.74) is 3.15. The Morgan fingerprint density at radius 2 is 2.04 bits per heavy atom. The molecule has 3 heterocycles. The van der Waals surface area contributed by atoms with Gasteiger partial charge in [0.05, 0.1) is 27.5 Å². The van der Waals surface area contributed by atoms with Gasteiger partial charge in [0.25, 0.3) is 5.91 Å². The van der Waals surface area contributed by atoms with E-state index in [1.807, 2.05) is 19.1 Å². The molecule has 1 N–H and O–H groups in total. The Labute approximate surface area is 166 Å². The van der Waals surface area contributed by atoms with E-state index in [0.29, 0.717) is 29.3 Å². The lowest BCUT2D eigenvalue weighted by atomic mass is 10.1. The van der Waals surface area contributed by atoms with Crippen LogP contribution < -0.4 is 10.2 Å². The minimum absolute atomic E-state index is 0.0489. The molecule has 0 bridgehead atoms. The average molecular weight is 396 g/mol. The second-order valence-corrected chi connectivity index (χ2v) is 7.06. The summed E-state index contributed by atoms with van der Waals surface area (Å²) in [5.74, 6) is -0.369. The fourth-order valence-corrected chi connectivity index (χ4v) is 3.55. The van der Waals surface area contributed by atoms with Crippen molar-refractivity contribution in [1.82, 2.24) is 14.9 Å². The Hall–Kier alpha value is -3.19. The van der Waals surface area contributed by atoms with Gasteiger partial charge in [-0.3, -0.25) is 19.7 Å². The maximum atomic E-state index is 12.6. The summed E-state index contributed by atoms with van der Waals surface area (Å²) in [5, 5.41) is 3.99. The Balaban J connectivity index is 1.78. The highest BCUT2D eigenvalue weighted by atomic mass is 35.5. The van der Waals surface area contributed by atoms with Crippen molar-refractivity contribution >= 4 is 45.8 Å². The summed E-state index contributed by atoms with van der Waals surface area (Å²) in [6, 6.07) is 7.02. The molecule has 0 spiro atoms. The second kappa shape index (κ2) is 7.09. The molecule has 28 heavy (non-hydrogen) atoms. The molecule has 1 fully saturated rings. The van der Waals surface area contributed by atoms with E-state index >= 15 is 0 Å². The van der Waals surface area contributed by atoms with Gasteiger partial charge in [-0.15, -0.1) is 0 Å². The van der Waals surface area contributed by atoms with Crippen LogP contribution in [0.2, 0.25) is 5.02 Å². The van der Waals surface area contributed by atoms with Crippen LogP contribution in [0.25, 0.3) is 10.9 Å². The van der Waals surface area contributed by atoms with Crippen LogP contribution in [0.4, 0.5) is 16.2 Å². The quantitative estimate of drug-likeness (QED) is 0.733. The van der Waals surface area contributed by atoms with E-state index in [1.54, 1.807) is 35.2 Å². The first kappa shape index (κ1) is 18.2. The molecule has 8 heteroatoms. The van der Waals surface area contributed by atoms with Gasteiger partial charge in [0.1, 0.15) is 0 Å². The topological polar surface area (TPSA) is 78.4 Å². The van der Waals surface area contributed by atoms with Crippen LogP contribution in [-0.2, 0) is 0 Å². The van der Waals surface area contributed by atoms with Crippen molar-refractivity contribution in [2.24, 2.45) is 0 Å². The van der Waals surface area contributed by atoms with Crippen molar-refractivity contribution in [3.8, 4) is 0 Å². The molecule has 3 aromatic rings. The zero-order valence-corrected chi connectivity index (χ0v) is 16.2. The van der Waals surface area contributed by atoms with Gasteiger partial charge in [-0.2, -0.15) is 0 Å². The van der Waals surface area contributed by atoms with Gasteiger partial charge >= 0.3 is 6.03 Å². The van der Waals surface area contributed by atoms with Crippen LogP contribution in [0.15, 0.2) is 42.9 Å². The van der Waals surface area contributed by atoms with E-state index < -0.39 is 0 Å². The number of urea groups is 1. The molecule has 3 amide bonds. The smallest absolute Gasteiger partial charge is 0.324 e. The maximum absolute atomic E-state index is 12.6. The Morgan fingerprint density at radius 3 is 2.75 bits per heavy atom. The van der Waals surface area contributed by atoms with Gasteiger partial charge in [0.2, 0.25) is 0 Å². The van der Waals surface area contributed by atoms with Crippen molar-refractivity contribution in [2.45, 2.75) is 6.92 Å². The lowest BCUT2D eigenvalue weighted by Crippen LogP contribution is -2.30. The maximum Gasteiger partial charge on any atom is 0.324 e. The number of benzene rings is 1. The highest BCUT2D eigenvalue weighted by Crippen LogP contribution is 2.34. The second-order valence-electron chi connectivity index (χ2n) is 6.66. The predicted octanol–water partition coefficient (Wildman–Crippen LogP) is 3.72. The first-order valence-electron chi connectivity index (χ1n) is 8.79. The van der Waals surface area contributed by atoms with Crippen LogP contribution >= 0.6 is 11.6 Å². The number of amides is 3. The first-order valence-corrected chi connectivity index (χ1v) is 9.17. The molecule has 0 radical (unpaired) electrons. The highest BCUT2D eigenvalue weighted by Gasteiger charge is 2.29. The summed E-state index contributed by atoms with van der Waals surface area (Å²) in [7, 11) is 1.78. The van der Waals surface area contributed by atoms with Crippen LogP contribution in [0.1, 0.15) is 15.9 Å². The lowest BCUT2D eigenvalue weighted by Gasteiger charge is -2.21. The predicted molar refractivity (Wildman–Crippen MR) is 109 cm³/mol. The zero-order chi connectivity index (χ0) is 19.8. The molecule has 0 unspecified atom stereocenters. The number of hydrogen-bond donors (Lipinski definition) is 1. The standard InChI is InChI=1S/C20H18ClN5O2/c1-12-10-23-17-13(18(12)26-9-8-25(2)20(26)28)4-3-5-16(17)24-19(27)14-11-22-7-6-15(14)21/h3-7,10-11H,8-9H2,1-2H3,(H,24,27). The minimum atomic E-state index is -0.369. The number of nitrogens with one attached hydrogen (secondary N) is 1. The SMILES string of the molecule is Cc1cnc2c(NC(=O)c3cnccc3Cl)cccc2c1N1CCN(C)C1=O. The summed E-state index contributed by atoms with van der Waals surface area (Å²) in [6.45, 7) is 3.20. The summed E-state index contributed by atoms with van der Waals surface area (Å²) >= 11 is 6.10. The number of likely N-dealkylation sites (N-methyl/N-ethyl adjacent to an activating group) is 1. The molecule has 1 aromatic carbocycles. The van der Waals surface area contributed by atoms with Gasteiger partial charge in [0, 0.05) is 44.1 Å². The summed E-state index contributed by atoms with van der Waals surface area (Å²) < 4.78 is 0. The number of nitrogens with zero attached hydrogens (tertiary/aromatic N) is 4. The lowest BCUT2D eigenvalue weighted by molar-refractivity contribution is 0.102. The first-order chi connectivity index (χ1) is 13.5. The van der Waals surface area contributed by atoms with Crippen LogP contribution in [-0.4, -0.2) is 46.9 Å². The van der Waals surface area contributed by atoms with Gasteiger partial charge in [0.15, 0.2) is 0 Å². The van der Waals surface area contributed by atoms with E-state index in [4.69, 9.17) is 11.6 Å². The van der Waals surface area contributed by atoms with E-state index in [0.717, 1.165) is 16.6 Å². The van der Waals surface area contributed by atoms with Gasteiger partial charge in [-0.25, -0.2) is 4.79 Å². The fourth-order valence-electron chi connectivity index (χ4n) is 3.36. The molecule has 142 valence electrons. The third-order valence-corrected chi connectivity index (χ3v) is 5.13. The van der Waals surface area contributed by atoms with Crippen molar-refractivity contribution in [3.05, 3.63) is 59.0 Å². The van der Waals surface area contributed by atoms with E-state index in [9.17, 15) is 9.59 Å². The van der Waals surface area contributed by atoms with Crippen molar-refractivity contribution < 1.29 is 9.59 Å². The molecular weight excluding hydrogens is 378 g/mol. The Bertz CT molecular complexity index is 1100. The molecular formula is C20H18ClN5O2. The van der Waals surface area contributed by atoms with Crippen molar-refractivity contribution in [1.29, 1.82) is 0 Å². The molecule has 1 aliphatic heterocycles. The number of halogens is 1. The fraction of sp³-hybridized carbons (Fsp3) is 0.200. The monoisotopic (exact) mass is 395 g/mol. The van der Waals surface area contributed by atoms with Gasteiger partial charge in [-0.1, -0.05) is 23.7 Å². The van der Waals surface area contributed by atoms with Crippen LogP contribution in [0.3, 0.4) is 0 Å². The number of anilines is 2. The molecule has 2 aromatic heterocycles.